The molecule has 0 aromatic carbocycles. The lowest BCUT2D eigenvalue weighted by Gasteiger charge is -2.17. The van der Waals surface area contributed by atoms with Crippen LogP contribution in [0.25, 0.3) is 0 Å². The number of rotatable bonds is 5. The van der Waals surface area contributed by atoms with Crippen LogP contribution < -0.4 is 5.32 Å². The Bertz CT molecular complexity index is 486. The number of carboxylic acid groups (broad SMARTS) is 1. The van der Waals surface area contributed by atoms with E-state index in [2.05, 4.69) is 20.1 Å². The molecule has 2 aliphatic rings. The second-order valence-corrected chi connectivity index (χ2v) is 5.91. The molecule has 1 aromatic rings. The van der Waals surface area contributed by atoms with Gasteiger partial charge in [-0.2, -0.15) is 0 Å². The van der Waals surface area contributed by atoms with Crippen LogP contribution in [0, 0.1) is 11.8 Å². The van der Waals surface area contributed by atoms with Crippen molar-refractivity contribution < 1.29 is 9.90 Å². The van der Waals surface area contributed by atoms with Crippen molar-refractivity contribution in [1.82, 2.24) is 20.1 Å². The van der Waals surface area contributed by atoms with Crippen molar-refractivity contribution in [3.63, 3.8) is 0 Å². The van der Waals surface area contributed by atoms with E-state index in [4.69, 9.17) is 0 Å². The Hall–Kier alpha value is -1.43. The SMILES string of the molecule is O=C(O)C1CCCC1CNCc1nnc2n1CCCC2. The minimum atomic E-state index is -0.644. The molecule has 2 N–H and O–H groups in total. The molecule has 6 nitrogen and oxygen atoms in total. The van der Waals surface area contributed by atoms with Gasteiger partial charge < -0.3 is 15.0 Å². The molecule has 6 heteroatoms. The van der Waals surface area contributed by atoms with E-state index in [1.807, 2.05) is 0 Å². The number of aliphatic carboxylic acids is 1. The summed E-state index contributed by atoms with van der Waals surface area (Å²) in [5, 5.41) is 21.0. The van der Waals surface area contributed by atoms with Crippen molar-refractivity contribution in [1.29, 1.82) is 0 Å². The zero-order valence-electron chi connectivity index (χ0n) is 11.7. The number of hydrogen-bond donors (Lipinski definition) is 2. The summed E-state index contributed by atoms with van der Waals surface area (Å²) in [6.45, 7) is 2.47. The summed E-state index contributed by atoms with van der Waals surface area (Å²) in [6.07, 6.45) is 6.29. The molecule has 0 spiro atoms. The van der Waals surface area contributed by atoms with Gasteiger partial charge in [-0.1, -0.05) is 6.42 Å². The predicted octanol–water partition coefficient (Wildman–Crippen LogP) is 1.20. The van der Waals surface area contributed by atoms with Crippen LogP contribution in [0.1, 0.15) is 43.8 Å². The topological polar surface area (TPSA) is 80.0 Å². The maximum Gasteiger partial charge on any atom is 0.306 e. The fraction of sp³-hybridized carbons (Fsp3) is 0.786. The number of aromatic nitrogens is 3. The monoisotopic (exact) mass is 278 g/mol. The number of nitrogens with one attached hydrogen (secondary N) is 1. The van der Waals surface area contributed by atoms with E-state index in [1.165, 1.54) is 12.8 Å². The summed E-state index contributed by atoms with van der Waals surface area (Å²) in [4.78, 5) is 11.1. The average molecular weight is 278 g/mol. The van der Waals surface area contributed by atoms with Gasteiger partial charge in [-0.25, -0.2) is 0 Å². The molecular formula is C14H22N4O2. The Balaban J connectivity index is 1.53. The van der Waals surface area contributed by atoms with Crippen LogP contribution in [0.5, 0.6) is 0 Å². The molecule has 0 amide bonds. The van der Waals surface area contributed by atoms with Crippen LogP contribution in [0.2, 0.25) is 0 Å². The van der Waals surface area contributed by atoms with Gasteiger partial charge in [0.15, 0.2) is 0 Å². The van der Waals surface area contributed by atoms with Crippen molar-refractivity contribution in [3.8, 4) is 0 Å². The molecule has 0 bridgehead atoms. The summed E-state index contributed by atoms with van der Waals surface area (Å²) in [5.74, 6) is 1.53. The van der Waals surface area contributed by atoms with E-state index >= 15 is 0 Å². The Morgan fingerprint density at radius 2 is 2.20 bits per heavy atom. The molecule has 0 saturated heterocycles. The molecule has 0 radical (unpaired) electrons. The molecule has 2 unspecified atom stereocenters. The first-order valence-corrected chi connectivity index (χ1v) is 7.60. The van der Waals surface area contributed by atoms with Gasteiger partial charge >= 0.3 is 5.97 Å². The third kappa shape index (κ3) is 2.70. The molecule has 2 heterocycles. The first-order chi connectivity index (χ1) is 9.75. The molecule has 1 aliphatic carbocycles. The first-order valence-electron chi connectivity index (χ1n) is 7.60. The van der Waals surface area contributed by atoms with Gasteiger partial charge in [0.25, 0.3) is 0 Å². The van der Waals surface area contributed by atoms with E-state index in [0.29, 0.717) is 6.54 Å². The number of carboxylic acids is 1. The quantitative estimate of drug-likeness (QED) is 0.846. The molecule has 110 valence electrons. The fourth-order valence-electron chi connectivity index (χ4n) is 3.47. The standard InChI is InChI=1S/C14H22N4O2/c19-14(20)11-5-3-4-10(11)8-15-9-13-17-16-12-6-1-2-7-18(12)13/h10-11,15H,1-9H2,(H,19,20). The number of aryl methyl sites for hydroxylation is 1. The molecule has 1 aliphatic heterocycles. The molecule has 1 fully saturated rings. The average Bonchev–Trinajstić information content (AvgIpc) is 3.06. The number of carbonyl (C=O) groups is 1. The molecule has 1 saturated carbocycles. The van der Waals surface area contributed by atoms with Crippen molar-refractivity contribution >= 4 is 5.97 Å². The minimum Gasteiger partial charge on any atom is -0.481 e. The summed E-state index contributed by atoms with van der Waals surface area (Å²) < 4.78 is 2.21. The van der Waals surface area contributed by atoms with Crippen LogP contribution in [0.15, 0.2) is 0 Å². The smallest absolute Gasteiger partial charge is 0.306 e. The van der Waals surface area contributed by atoms with Crippen molar-refractivity contribution in [3.05, 3.63) is 11.6 Å². The molecule has 3 rings (SSSR count). The van der Waals surface area contributed by atoms with E-state index in [1.54, 1.807) is 0 Å². The van der Waals surface area contributed by atoms with Gasteiger partial charge in [-0.05, 0) is 38.1 Å². The van der Waals surface area contributed by atoms with Crippen molar-refractivity contribution in [2.45, 2.75) is 51.6 Å². The summed E-state index contributed by atoms with van der Waals surface area (Å²) in [7, 11) is 0. The lowest BCUT2D eigenvalue weighted by atomic mass is 9.96. The normalized spacial score (nSPS) is 25.6. The number of nitrogens with zero attached hydrogens (tertiary/aromatic N) is 3. The zero-order valence-corrected chi connectivity index (χ0v) is 11.7. The Labute approximate surface area is 118 Å². The Kier molecular flexibility index (Phi) is 4.00. The van der Waals surface area contributed by atoms with Gasteiger partial charge in [0.2, 0.25) is 0 Å². The van der Waals surface area contributed by atoms with Gasteiger partial charge in [0.05, 0.1) is 12.5 Å². The first kappa shape index (κ1) is 13.5. The summed E-state index contributed by atoms with van der Waals surface area (Å²) in [6, 6.07) is 0. The third-order valence-corrected chi connectivity index (χ3v) is 4.60. The Morgan fingerprint density at radius 1 is 1.30 bits per heavy atom. The predicted molar refractivity (Wildman–Crippen MR) is 73.1 cm³/mol. The number of fused-ring (bicyclic) bond motifs is 1. The van der Waals surface area contributed by atoms with Crippen LogP contribution in [-0.4, -0.2) is 32.4 Å². The highest BCUT2D eigenvalue weighted by Gasteiger charge is 2.32. The van der Waals surface area contributed by atoms with Crippen LogP contribution in [0.4, 0.5) is 0 Å². The minimum absolute atomic E-state index is 0.171. The third-order valence-electron chi connectivity index (χ3n) is 4.60. The lowest BCUT2D eigenvalue weighted by molar-refractivity contribution is -0.142. The van der Waals surface area contributed by atoms with E-state index in [-0.39, 0.29) is 11.8 Å². The highest BCUT2D eigenvalue weighted by atomic mass is 16.4. The summed E-state index contributed by atoms with van der Waals surface area (Å²) in [5.41, 5.74) is 0. The van der Waals surface area contributed by atoms with Crippen LogP contribution in [0.3, 0.4) is 0 Å². The van der Waals surface area contributed by atoms with Gasteiger partial charge in [0.1, 0.15) is 11.6 Å². The maximum absolute atomic E-state index is 11.1. The molecule has 20 heavy (non-hydrogen) atoms. The van der Waals surface area contributed by atoms with E-state index in [9.17, 15) is 9.90 Å². The van der Waals surface area contributed by atoms with Crippen LogP contribution >= 0.6 is 0 Å². The second kappa shape index (κ2) is 5.91. The Morgan fingerprint density at radius 3 is 3.05 bits per heavy atom. The van der Waals surface area contributed by atoms with Gasteiger partial charge in [-0.3, -0.25) is 4.79 Å². The van der Waals surface area contributed by atoms with E-state index < -0.39 is 5.97 Å². The largest absolute Gasteiger partial charge is 0.481 e. The highest BCUT2D eigenvalue weighted by Crippen LogP contribution is 2.31. The maximum atomic E-state index is 11.1. The second-order valence-electron chi connectivity index (χ2n) is 5.91. The van der Waals surface area contributed by atoms with Gasteiger partial charge in [0, 0.05) is 13.0 Å². The van der Waals surface area contributed by atoms with Crippen LogP contribution in [-0.2, 0) is 24.3 Å². The van der Waals surface area contributed by atoms with Gasteiger partial charge in [-0.15, -0.1) is 10.2 Å². The highest BCUT2D eigenvalue weighted by molar-refractivity contribution is 5.70. The molecule has 1 aromatic heterocycles. The lowest BCUT2D eigenvalue weighted by Crippen LogP contribution is -2.29. The number of hydrogen-bond acceptors (Lipinski definition) is 4. The molecular weight excluding hydrogens is 256 g/mol. The molecule has 2 atom stereocenters. The zero-order chi connectivity index (χ0) is 13.9. The fourth-order valence-corrected chi connectivity index (χ4v) is 3.47. The summed E-state index contributed by atoms with van der Waals surface area (Å²) >= 11 is 0. The van der Waals surface area contributed by atoms with Crippen molar-refractivity contribution in [2.75, 3.05) is 6.54 Å². The van der Waals surface area contributed by atoms with Crippen molar-refractivity contribution in [2.24, 2.45) is 11.8 Å². The van der Waals surface area contributed by atoms with E-state index in [0.717, 1.165) is 50.4 Å².